The summed E-state index contributed by atoms with van der Waals surface area (Å²) >= 11 is 0. The molecule has 2 N–H and O–H groups in total. The third-order valence-corrected chi connectivity index (χ3v) is 4.72. The van der Waals surface area contributed by atoms with Crippen molar-refractivity contribution in [3.8, 4) is 6.07 Å². The van der Waals surface area contributed by atoms with Crippen molar-refractivity contribution < 1.29 is 14.7 Å². The molecule has 0 bridgehead atoms. The molecule has 0 radical (unpaired) electrons. The molecule has 0 aliphatic heterocycles. The van der Waals surface area contributed by atoms with Crippen LogP contribution < -0.4 is 16.0 Å². The molecular formula is C22H21N4O4+. The molecule has 0 saturated heterocycles. The summed E-state index contributed by atoms with van der Waals surface area (Å²) in [6.45, 7) is 5.32. The van der Waals surface area contributed by atoms with Crippen LogP contribution in [0.15, 0.2) is 52.3 Å². The number of carbonyl (C=O) groups is 1. The van der Waals surface area contributed by atoms with Gasteiger partial charge < -0.3 is 0 Å². The second-order valence-corrected chi connectivity index (χ2v) is 7.38. The van der Waals surface area contributed by atoms with Crippen molar-refractivity contribution in [1.82, 2.24) is 9.55 Å². The van der Waals surface area contributed by atoms with Gasteiger partial charge in [-0.1, -0.05) is 13.8 Å². The fraction of sp³-hybridized carbons (Fsp3) is 0.227. The smallest absolute Gasteiger partial charge is 0.287 e. The maximum atomic E-state index is 13.5. The number of benzene rings is 1. The predicted octanol–water partition coefficient (Wildman–Crippen LogP) is 1.64. The highest BCUT2D eigenvalue weighted by Gasteiger charge is 2.25. The van der Waals surface area contributed by atoms with Gasteiger partial charge in [-0.2, -0.15) is 5.26 Å². The first-order chi connectivity index (χ1) is 14.2. The predicted molar refractivity (Wildman–Crippen MR) is 108 cm³/mol. The number of rotatable bonds is 5. The molecule has 0 aliphatic carbocycles. The molecule has 1 aromatic carbocycles. The van der Waals surface area contributed by atoms with Crippen LogP contribution in [0.2, 0.25) is 0 Å². The average Bonchev–Trinajstić information content (AvgIpc) is 2.69. The van der Waals surface area contributed by atoms with E-state index in [4.69, 9.17) is 0 Å². The van der Waals surface area contributed by atoms with E-state index >= 15 is 0 Å². The average molecular weight is 405 g/mol. The van der Waals surface area contributed by atoms with E-state index in [2.05, 4.69) is 4.98 Å². The Morgan fingerprint density at radius 2 is 1.90 bits per heavy atom. The van der Waals surface area contributed by atoms with Crippen LogP contribution in [-0.2, 0) is 6.54 Å². The molecule has 0 spiro atoms. The number of aromatic nitrogens is 3. The van der Waals surface area contributed by atoms with Gasteiger partial charge in [-0.15, -0.1) is 0 Å². The van der Waals surface area contributed by atoms with Crippen molar-refractivity contribution in [2.75, 3.05) is 0 Å². The molecule has 8 nitrogen and oxygen atoms in total. The van der Waals surface area contributed by atoms with E-state index in [9.17, 15) is 24.9 Å². The standard InChI is InChI=1S/C22H20N4O4/c1-13(2)18-19(20(27)17-9-14(3)8-16(10-17)11-23)26(22(29)24-21(18)28)12-15-4-6-25(30)7-5-15/h4-10,13H,12H2,1-3H3,(H-,24,28,29,30)/p+1. The molecule has 0 atom stereocenters. The fourth-order valence-corrected chi connectivity index (χ4v) is 3.37. The molecule has 3 aromatic rings. The Balaban J connectivity index is 2.27. The van der Waals surface area contributed by atoms with Gasteiger partial charge in [0.05, 0.1) is 18.2 Å². The molecule has 0 saturated carbocycles. The lowest BCUT2D eigenvalue weighted by Crippen LogP contribution is -2.38. The summed E-state index contributed by atoms with van der Waals surface area (Å²) in [6.07, 6.45) is 2.80. The highest BCUT2D eigenvalue weighted by atomic mass is 16.5. The van der Waals surface area contributed by atoms with Crippen molar-refractivity contribution in [2.24, 2.45) is 0 Å². The topological polar surface area (TPSA) is 120 Å². The number of aromatic amines is 1. The summed E-state index contributed by atoms with van der Waals surface area (Å²) in [5.74, 6) is -0.828. The first kappa shape index (κ1) is 20.7. The number of aryl methyl sites for hydroxylation is 1. The molecule has 8 heteroatoms. The van der Waals surface area contributed by atoms with E-state index in [-0.39, 0.29) is 29.3 Å². The molecule has 3 rings (SSSR count). The van der Waals surface area contributed by atoms with E-state index in [0.29, 0.717) is 11.1 Å². The minimum atomic E-state index is -0.707. The Labute approximate surface area is 172 Å². The normalized spacial score (nSPS) is 10.8. The van der Waals surface area contributed by atoms with Gasteiger partial charge in [0.15, 0.2) is 0 Å². The van der Waals surface area contributed by atoms with E-state index in [1.807, 2.05) is 6.07 Å². The van der Waals surface area contributed by atoms with Crippen LogP contribution in [0.3, 0.4) is 0 Å². The van der Waals surface area contributed by atoms with Crippen LogP contribution in [0.4, 0.5) is 0 Å². The third kappa shape index (κ3) is 4.05. The molecule has 2 aromatic heterocycles. The lowest BCUT2D eigenvalue weighted by atomic mass is 9.95. The zero-order chi connectivity index (χ0) is 22.0. The summed E-state index contributed by atoms with van der Waals surface area (Å²) in [5.41, 5.74) is 0.803. The highest BCUT2D eigenvalue weighted by Crippen LogP contribution is 2.20. The number of nitrogens with zero attached hydrogens (tertiary/aromatic N) is 3. The first-order valence-electron chi connectivity index (χ1n) is 9.34. The van der Waals surface area contributed by atoms with Crippen LogP contribution in [0.25, 0.3) is 0 Å². The minimum Gasteiger partial charge on any atom is -0.287 e. The number of hydrogen-bond donors (Lipinski definition) is 2. The Morgan fingerprint density at radius 1 is 1.23 bits per heavy atom. The van der Waals surface area contributed by atoms with Crippen molar-refractivity contribution >= 4 is 5.78 Å². The first-order valence-corrected chi connectivity index (χ1v) is 9.34. The fourth-order valence-electron chi connectivity index (χ4n) is 3.37. The number of nitriles is 1. The quantitative estimate of drug-likeness (QED) is 0.380. The summed E-state index contributed by atoms with van der Waals surface area (Å²) in [7, 11) is 0. The number of ketones is 1. The highest BCUT2D eigenvalue weighted by molar-refractivity contribution is 6.09. The lowest BCUT2D eigenvalue weighted by molar-refractivity contribution is -0.904. The monoisotopic (exact) mass is 405 g/mol. The summed E-state index contributed by atoms with van der Waals surface area (Å²) in [6, 6.07) is 9.95. The van der Waals surface area contributed by atoms with Crippen LogP contribution in [-0.4, -0.2) is 20.5 Å². The Kier molecular flexibility index (Phi) is 5.65. The summed E-state index contributed by atoms with van der Waals surface area (Å²) < 4.78 is 2.09. The number of pyridine rings is 1. The maximum absolute atomic E-state index is 13.5. The molecule has 0 unspecified atom stereocenters. The lowest BCUT2D eigenvalue weighted by Gasteiger charge is -2.17. The number of nitrogens with one attached hydrogen (secondary N) is 1. The van der Waals surface area contributed by atoms with Gasteiger partial charge in [0.1, 0.15) is 5.69 Å². The van der Waals surface area contributed by atoms with E-state index < -0.39 is 17.0 Å². The summed E-state index contributed by atoms with van der Waals surface area (Å²) in [4.78, 5) is 41.0. The van der Waals surface area contributed by atoms with Crippen molar-refractivity contribution in [3.05, 3.63) is 97.1 Å². The SMILES string of the molecule is Cc1cc(C#N)cc(C(=O)c2c(C(C)C)c(=O)[nH]c(=O)n2Cc2cc[n+](O)cc2)c1. The van der Waals surface area contributed by atoms with Crippen LogP contribution in [0, 0.1) is 18.3 Å². The van der Waals surface area contributed by atoms with Gasteiger partial charge in [-0.05, 0) is 42.2 Å². The largest absolute Gasteiger partial charge is 0.329 e. The number of H-pyrrole nitrogens is 1. The van der Waals surface area contributed by atoms with Crippen LogP contribution in [0.5, 0.6) is 0 Å². The molecule has 152 valence electrons. The maximum Gasteiger partial charge on any atom is 0.329 e. The van der Waals surface area contributed by atoms with E-state index in [1.165, 1.54) is 23.0 Å². The van der Waals surface area contributed by atoms with Gasteiger partial charge in [0, 0.05) is 28.0 Å². The van der Waals surface area contributed by atoms with E-state index in [1.54, 1.807) is 45.0 Å². The second-order valence-electron chi connectivity index (χ2n) is 7.38. The zero-order valence-corrected chi connectivity index (χ0v) is 16.8. The number of hydrogen-bond acceptors (Lipinski definition) is 5. The molecule has 2 heterocycles. The minimum absolute atomic E-state index is 0.00559. The molecule has 0 amide bonds. The number of carbonyl (C=O) groups excluding carboxylic acids is 1. The third-order valence-electron chi connectivity index (χ3n) is 4.72. The molecule has 0 aliphatic rings. The van der Waals surface area contributed by atoms with Crippen molar-refractivity contribution in [3.63, 3.8) is 0 Å². The van der Waals surface area contributed by atoms with Gasteiger partial charge in [0.25, 0.3) is 5.56 Å². The Morgan fingerprint density at radius 3 is 2.50 bits per heavy atom. The second kappa shape index (κ2) is 8.17. The Bertz CT molecular complexity index is 1280. The van der Waals surface area contributed by atoms with Gasteiger partial charge in [-0.3, -0.25) is 24.3 Å². The van der Waals surface area contributed by atoms with E-state index in [0.717, 1.165) is 10.3 Å². The van der Waals surface area contributed by atoms with Crippen LogP contribution in [0.1, 0.15) is 58.1 Å². The van der Waals surface area contributed by atoms with Gasteiger partial charge in [-0.25, -0.2) is 4.79 Å². The molecule has 30 heavy (non-hydrogen) atoms. The van der Waals surface area contributed by atoms with Gasteiger partial charge >= 0.3 is 5.69 Å². The molecular weight excluding hydrogens is 384 g/mol. The van der Waals surface area contributed by atoms with Crippen molar-refractivity contribution in [1.29, 1.82) is 5.26 Å². The van der Waals surface area contributed by atoms with Gasteiger partial charge in [0.2, 0.25) is 18.2 Å². The molecule has 0 fully saturated rings. The van der Waals surface area contributed by atoms with Crippen LogP contribution >= 0.6 is 0 Å². The zero-order valence-electron chi connectivity index (χ0n) is 16.8. The van der Waals surface area contributed by atoms with Crippen molar-refractivity contribution in [2.45, 2.75) is 33.2 Å². The summed E-state index contributed by atoms with van der Waals surface area (Å²) in [5, 5.41) is 18.7. The Hall–Kier alpha value is -3.99.